The van der Waals surface area contributed by atoms with Crippen LogP contribution < -0.4 is 0 Å². The number of aliphatic carboxylic acids is 1. The number of fused-ring (bicyclic) bond motifs is 1. The van der Waals surface area contributed by atoms with Gasteiger partial charge >= 0.3 is 5.97 Å². The molecule has 2 atom stereocenters. The van der Waals surface area contributed by atoms with Gasteiger partial charge in [0.2, 0.25) is 0 Å². The Hall–Kier alpha value is -2.63. The Balaban J connectivity index is 1.87. The lowest BCUT2D eigenvalue weighted by atomic mass is 9.79. The topological polar surface area (TPSA) is 57.6 Å². The van der Waals surface area contributed by atoms with Crippen LogP contribution in [0.15, 0.2) is 77.3 Å². The molecule has 0 fully saturated rings. The highest BCUT2D eigenvalue weighted by Crippen LogP contribution is 2.43. The largest absolute Gasteiger partial charge is 0.481 e. The predicted molar refractivity (Wildman–Crippen MR) is 115 cm³/mol. The summed E-state index contributed by atoms with van der Waals surface area (Å²) in [5, 5.41) is 10.7. The van der Waals surface area contributed by atoms with Crippen LogP contribution in [0.5, 0.6) is 0 Å². The SMILES string of the molecule is O=C(O)C1c2ccccc2C(=O)N(Cc2ccc(Cl)cc2)C1c1ccc(Br)cc1. The highest BCUT2D eigenvalue weighted by Gasteiger charge is 2.44. The average molecular weight is 471 g/mol. The Bertz CT molecular complexity index is 1070. The Labute approximate surface area is 181 Å². The van der Waals surface area contributed by atoms with E-state index in [1.807, 2.05) is 36.4 Å². The Kier molecular flexibility index (Phi) is 5.43. The maximum Gasteiger partial charge on any atom is 0.313 e. The van der Waals surface area contributed by atoms with E-state index in [2.05, 4.69) is 15.9 Å². The van der Waals surface area contributed by atoms with E-state index in [9.17, 15) is 14.7 Å². The summed E-state index contributed by atoms with van der Waals surface area (Å²) >= 11 is 9.41. The molecule has 1 heterocycles. The summed E-state index contributed by atoms with van der Waals surface area (Å²) in [5.74, 6) is -2.00. The normalized spacial score (nSPS) is 18.4. The summed E-state index contributed by atoms with van der Waals surface area (Å²) in [7, 11) is 0. The molecule has 1 amide bonds. The van der Waals surface area contributed by atoms with Crippen LogP contribution in [0.25, 0.3) is 0 Å². The second kappa shape index (κ2) is 8.01. The minimum absolute atomic E-state index is 0.180. The number of hydrogen-bond donors (Lipinski definition) is 1. The number of nitrogens with zero attached hydrogens (tertiary/aromatic N) is 1. The summed E-state index contributed by atoms with van der Waals surface area (Å²) < 4.78 is 0.889. The van der Waals surface area contributed by atoms with Crippen LogP contribution in [-0.4, -0.2) is 21.9 Å². The van der Waals surface area contributed by atoms with Crippen LogP contribution >= 0.6 is 27.5 Å². The van der Waals surface area contributed by atoms with E-state index >= 15 is 0 Å². The van der Waals surface area contributed by atoms with Crippen molar-refractivity contribution in [3.63, 3.8) is 0 Å². The van der Waals surface area contributed by atoms with E-state index in [0.29, 0.717) is 16.1 Å². The van der Waals surface area contributed by atoms with Crippen molar-refractivity contribution < 1.29 is 14.7 Å². The monoisotopic (exact) mass is 469 g/mol. The van der Waals surface area contributed by atoms with E-state index in [0.717, 1.165) is 15.6 Å². The van der Waals surface area contributed by atoms with Crippen molar-refractivity contribution >= 4 is 39.4 Å². The lowest BCUT2D eigenvalue weighted by Gasteiger charge is -2.41. The number of amides is 1. The van der Waals surface area contributed by atoms with Gasteiger partial charge in [-0.2, -0.15) is 0 Å². The van der Waals surface area contributed by atoms with Gasteiger partial charge in [0.05, 0.1) is 6.04 Å². The third kappa shape index (κ3) is 3.80. The maximum absolute atomic E-state index is 13.4. The van der Waals surface area contributed by atoms with Gasteiger partial charge < -0.3 is 10.0 Å². The van der Waals surface area contributed by atoms with Crippen molar-refractivity contribution in [2.45, 2.75) is 18.5 Å². The van der Waals surface area contributed by atoms with Gasteiger partial charge in [0.1, 0.15) is 5.92 Å². The van der Waals surface area contributed by atoms with Gasteiger partial charge in [-0.25, -0.2) is 0 Å². The molecule has 2 unspecified atom stereocenters. The molecule has 1 N–H and O–H groups in total. The van der Waals surface area contributed by atoms with E-state index in [4.69, 9.17) is 11.6 Å². The van der Waals surface area contributed by atoms with Gasteiger partial charge in [0.25, 0.3) is 5.91 Å². The molecule has 3 aromatic rings. The molecule has 6 heteroatoms. The molecule has 0 radical (unpaired) electrons. The molecule has 4 rings (SSSR count). The molecular weight excluding hydrogens is 454 g/mol. The molecule has 29 heavy (non-hydrogen) atoms. The molecule has 0 aromatic heterocycles. The minimum Gasteiger partial charge on any atom is -0.481 e. The standard InChI is InChI=1S/C23H17BrClNO3/c24-16-9-7-15(8-10-16)21-20(23(28)29)18-3-1-2-4-19(18)22(27)26(21)13-14-5-11-17(25)12-6-14/h1-12,20-21H,13H2,(H,28,29). The van der Waals surface area contributed by atoms with Crippen LogP contribution in [0.4, 0.5) is 0 Å². The first kappa shape index (κ1) is 19.7. The molecule has 1 aliphatic rings. The third-order valence-corrected chi connectivity index (χ3v) is 5.96. The number of carbonyl (C=O) groups excluding carboxylic acids is 1. The van der Waals surface area contributed by atoms with E-state index in [1.165, 1.54) is 0 Å². The molecule has 0 bridgehead atoms. The van der Waals surface area contributed by atoms with Crippen molar-refractivity contribution in [3.8, 4) is 0 Å². The molecule has 146 valence electrons. The van der Waals surface area contributed by atoms with Crippen molar-refractivity contribution in [1.29, 1.82) is 0 Å². The predicted octanol–water partition coefficient (Wildman–Crippen LogP) is 5.67. The van der Waals surface area contributed by atoms with Gasteiger partial charge in [0.15, 0.2) is 0 Å². The van der Waals surface area contributed by atoms with Gasteiger partial charge in [-0.05, 0) is 47.0 Å². The van der Waals surface area contributed by atoms with Crippen LogP contribution in [0.3, 0.4) is 0 Å². The number of carboxylic acid groups (broad SMARTS) is 1. The molecule has 0 spiro atoms. The number of carboxylic acids is 1. The first-order valence-electron chi connectivity index (χ1n) is 9.08. The van der Waals surface area contributed by atoms with Crippen LogP contribution in [0.1, 0.15) is 39.0 Å². The molecule has 3 aromatic carbocycles. The summed E-state index contributed by atoms with van der Waals surface area (Å²) in [6.07, 6.45) is 0. The number of hydrogen-bond acceptors (Lipinski definition) is 2. The molecular formula is C23H17BrClNO3. The van der Waals surface area contributed by atoms with Crippen LogP contribution in [0, 0.1) is 0 Å². The first-order valence-corrected chi connectivity index (χ1v) is 10.3. The van der Waals surface area contributed by atoms with Crippen molar-refractivity contribution in [3.05, 3.63) is 105 Å². The number of benzene rings is 3. The lowest BCUT2D eigenvalue weighted by molar-refractivity contribution is -0.140. The zero-order chi connectivity index (χ0) is 20.5. The van der Waals surface area contributed by atoms with Crippen molar-refractivity contribution in [1.82, 2.24) is 4.90 Å². The first-order chi connectivity index (χ1) is 14.0. The summed E-state index contributed by atoms with van der Waals surface area (Å²) in [6.45, 7) is 0.287. The quantitative estimate of drug-likeness (QED) is 0.535. The number of rotatable bonds is 4. The number of carbonyl (C=O) groups is 2. The fraction of sp³-hybridized carbons (Fsp3) is 0.130. The minimum atomic E-state index is -0.959. The van der Waals surface area contributed by atoms with E-state index in [1.54, 1.807) is 41.3 Å². The highest BCUT2D eigenvalue weighted by molar-refractivity contribution is 9.10. The summed E-state index contributed by atoms with van der Waals surface area (Å²) in [5.41, 5.74) is 2.64. The Morgan fingerprint density at radius 1 is 1.00 bits per heavy atom. The fourth-order valence-corrected chi connectivity index (χ4v) is 4.24. The van der Waals surface area contributed by atoms with Crippen molar-refractivity contribution in [2.24, 2.45) is 0 Å². The Morgan fingerprint density at radius 3 is 2.31 bits per heavy atom. The second-order valence-corrected chi connectivity index (χ2v) is 8.31. The highest BCUT2D eigenvalue weighted by atomic mass is 79.9. The summed E-state index contributed by atoms with van der Waals surface area (Å²) in [4.78, 5) is 27.4. The lowest BCUT2D eigenvalue weighted by Crippen LogP contribution is -2.44. The van der Waals surface area contributed by atoms with Crippen LogP contribution in [0.2, 0.25) is 5.02 Å². The maximum atomic E-state index is 13.4. The summed E-state index contributed by atoms with van der Waals surface area (Å²) in [6, 6.07) is 21.0. The molecule has 1 aliphatic heterocycles. The second-order valence-electron chi connectivity index (χ2n) is 6.96. The molecule has 0 saturated heterocycles. The van der Waals surface area contributed by atoms with Crippen molar-refractivity contribution in [2.75, 3.05) is 0 Å². The van der Waals surface area contributed by atoms with E-state index < -0.39 is 17.9 Å². The van der Waals surface area contributed by atoms with Gasteiger partial charge in [-0.15, -0.1) is 0 Å². The smallest absolute Gasteiger partial charge is 0.313 e. The van der Waals surface area contributed by atoms with Crippen LogP contribution in [-0.2, 0) is 11.3 Å². The average Bonchev–Trinajstić information content (AvgIpc) is 2.72. The molecule has 4 nitrogen and oxygen atoms in total. The zero-order valence-electron chi connectivity index (χ0n) is 15.3. The van der Waals surface area contributed by atoms with E-state index in [-0.39, 0.29) is 12.5 Å². The van der Waals surface area contributed by atoms with Gasteiger partial charge in [-0.1, -0.05) is 70.0 Å². The number of halogens is 2. The fourth-order valence-electron chi connectivity index (χ4n) is 3.85. The van der Waals surface area contributed by atoms with Gasteiger partial charge in [-0.3, -0.25) is 9.59 Å². The molecule has 0 saturated carbocycles. The Morgan fingerprint density at radius 2 is 1.66 bits per heavy atom. The molecule has 0 aliphatic carbocycles. The van der Waals surface area contributed by atoms with Gasteiger partial charge in [0, 0.05) is 21.6 Å². The third-order valence-electron chi connectivity index (χ3n) is 5.18. The zero-order valence-corrected chi connectivity index (χ0v) is 17.6.